The Balaban J connectivity index is 1.92. The number of nitrogens with one attached hydrogen (secondary N) is 2. The number of rotatable bonds is 3. The van der Waals surface area contributed by atoms with E-state index in [1.54, 1.807) is 6.92 Å². The molecule has 1 aliphatic carbocycles. The lowest BCUT2D eigenvalue weighted by Crippen LogP contribution is -2.31. The number of amides is 1. The first-order valence-electron chi connectivity index (χ1n) is 8.13. The van der Waals surface area contributed by atoms with Gasteiger partial charge in [0.15, 0.2) is 0 Å². The van der Waals surface area contributed by atoms with Crippen molar-refractivity contribution in [3.8, 4) is 0 Å². The van der Waals surface area contributed by atoms with E-state index < -0.39 is 5.69 Å². The van der Waals surface area contributed by atoms with Gasteiger partial charge in [0.2, 0.25) is 0 Å². The van der Waals surface area contributed by atoms with E-state index in [1.165, 1.54) is 22.9 Å². The van der Waals surface area contributed by atoms with Gasteiger partial charge in [-0.1, -0.05) is 30.7 Å². The summed E-state index contributed by atoms with van der Waals surface area (Å²) in [6.45, 7) is 1.73. The van der Waals surface area contributed by atoms with E-state index in [0.29, 0.717) is 16.3 Å². The SMILES string of the molecule is CSc1nc(=O)[nH]c(C)c1C(=O)N[C@@H]1CCCCc2ccccc21. The lowest BCUT2D eigenvalue weighted by molar-refractivity contribution is 0.0929. The zero-order chi connectivity index (χ0) is 17.1. The van der Waals surface area contributed by atoms with Crippen LogP contribution in [0.15, 0.2) is 34.1 Å². The first-order valence-corrected chi connectivity index (χ1v) is 9.36. The molecule has 1 aromatic carbocycles. The molecule has 1 atom stereocenters. The van der Waals surface area contributed by atoms with E-state index in [-0.39, 0.29) is 11.9 Å². The minimum atomic E-state index is -0.423. The van der Waals surface area contributed by atoms with Crippen LogP contribution in [0.4, 0.5) is 0 Å². The van der Waals surface area contributed by atoms with E-state index in [9.17, 15) is 9.59 Å². The van der Waals surface area contributed by atoms with Crippen LogP contribution in [-0.2, 0) is 6.42 Å². The molecule has 2 aromatic rings. The van der Waals surface area contributed by atoms with Crippen molar-refractivity contribution in [2.75, 3.05) is 6.26 Å². The minimum absolute atomic E-state index is 0.00256. The summed E-state index contributed by atoms with van der Waals surface area (Å²) in [5.41, 5.74) is 3.10. The molecule has 0 aliphatic heterocycles. The second-order valence-electron chi connectivity index (χ2n) is 6.02. The third-order valence-corrected chi connectivity index (χ3v) is 5.11. The highest BCUT2D eigenvalue weighted by atomic mass is 32.2. The lowest BCUT2D eigenvalue weighted by atomic mass is 9.99. The van der Waals surface area contributed by atoms with Crippen molar-refractivity contribution in [3.63, 3.8) is 0 Å². The van der Waals surface area contributed by atoms with E-state index >= 15 is 0 Å². The van der Waals surface area contributed by atoms with Gasteiger partial charge in [-0.05, 0) is 43.6 Å². The van der Waals surface area contributed by atoms with Crippen LogP contribution < -0.4 is 11.0 Å². The van der Waals surface area contributed by atoms with Crippen molar-refractivity contribution in [2.45, 2.75) is 43.7 Å². The maximum Gasteiger partial charge on any atom is 0.346 e. The average molecular weight is 343 g/mol. The Bertz CT molecular complexity index is 816. The van der Waals surface area contributed by atoms with Crippen molar-refractivity contribution < 1.29 is 4.79 Å². The van der Waals surface area contributed by atoms with Gasteiger partial charge in [0.25, 0.3) is 5.91 Å². The molecule has 1 aliphatic rings. The van der Waals surface area contributed by atoms with Crippen LogP contribution in [0.3, 0.4) is 0 Å². The highest BCUT2D eigenvalue weighted by molar-refractivity contribution is 7.98. The molecule has 24 heavy (non-hydrogen) atoms. The van der Waals surface area contributed by atoms with E-state index in [0.717, 1.165) is 25.7 Å². The number of H-pyrrole nitrogens is 1. The largest absolute Gasteiger partial charge is 0.346 e. The molecule has 0 fully saturated rings. The van der Waals surface area contributed by atoms with Crippen LogP contribution in [0.1, 0.15) is 52.5 Å². The van der Waals surface area contributed by atoms with Crippen LogP contribution in [0.5, 0.6) is 0 Å². The molecule has 1 amide bonds. The number of nitrogens with zero attached hydrogens (tertiary/aromatic N) is 1. The summed E-state index contributed by atoms with van der Waals surface area (Å²) in [7, 11) is 0. The maximum absolute atomic E-state index is 12.9. The van der Waals surface area contributed by atoms with Gasteiger partial charge in [0.05, 0.1) is 11.6 Å². The van der Waals surface area contributed by atoms with Gasteiger partial charge < -0.3 is 10.3 Å². The van der Waals surface area contributed by atoms with Crippen LogP contribution in [0.25, 0.3) is 0 Å². The smallest absolute Gasteiger partial charge is 0.345 e. The van der Waals surface area contributed by atoms with Crippen LogP contribution in [-0.4, -0.2) is 22.1 Å². The molecule has 3 rings (SSSR count). The Morgan fingerprint density at radius 1 is 1.33 bits per heavy atom. The molecule has 2 N–H and O–H groups in total. The first-order chi connectivity index (χ1) is 11.6. The number of carbonyl (C=O) groups is 1. The summed E-state index contributed by atoms with van der Waals surface area (Å²) in [6.07, 6.45) is 6.01. The van der Waals surface area contributed by atoms with E-state index in [4.69, 9.17) is 0 Å². The normalized spacial score (nSPS) is 17.0. The summed E-state index contributed by atoms with van der Waals surface area (Å²) in [6, 6.07) is 8.30. The summed E-state index contributed by atoms with van der Waals surface area (Å²) in [5.74, 6) is -0.178. The van der Waals surface area contributed by atoms with Crippen molar-refractivity contribution in [3.05, 3.63) is 57.1 Å². The molecule has 126 valence electrons. The molecule has 6 heteroatoms. The molecule has 0 unspecified atom stereocenters. The Morgan fingerprint density at radius 2 is 2.12 bits per heavy atom. The van der Waals surface area contributed by atoms with Crippen molar-refractivity contribution >= 4 is 17.7 Å². The van der Waals surface area contributed by atoms with Gasteiger partial charge in [0.1, 0.15) is 5.03 Å². The second-order valence-corrected chi connectivity index (χ2v) is 6.82. The Kier molecular flexibility index (Phi) is 5.04. The van der Waals surface area contributed by atoms with Gasteiger partial charge >= 0.3 is 5.69 Å². The number of hydrogen-bond acceptors (Lipinski definition) is 4. The zero-order valence-corrected chi connectivity index (χ0v) is 14.7. The molecule has 5 nitrogen and oxygen atoms in total. The highest BCUT2D eigenvalue weighted by Crippen LogP contribution is 2.29. The monoisotopic (exact) mass is 343 g/mol. The predicted octanol–water partition coefficient (Wildman–Crippen LogP) is 3.00. The molecule has 0 spiro atoms. The second kappa shape index (κ2) is 7.21. The number of thioether (sulfide) groups is 1. The van der Waals surface area contributed by atoms with Crippen LogP contribution in [0, 0.1) is 6.92 Å². The van der Waals surface area contributed by atoms with Crippen molar-refractivity contribution in [2.24, 2.45) is 0 Å². The molecular weight excluding hydrogens is 322 g/mol. The molecule has 0 radical (unpaired) electrons. The van der Waals surface area contributed by atoms with Gasteiger partial charge in [-0.3, -0.25) is 4.79 Å². The fourth-order valence-electron chi connectivity index (χ4n) is 3.28. The maximum atomic E-state index is 12.9. The Morgan fingerprint density at radius 3 is 2.92 bits per heavy atom. The summed E-state index contributed by atoms with van der Waals surface area (Å²) in [5, 5.41) is 3.62. The quantitative estimate of drug-likeness (QED) is 0.510. The summed E-state index contributed by atoms with van der Waals surface area (Å²) < 4.78 is 0. The first kappa shape index (κ1) is 16.8. The molecular formula is C18H21N3O2S. The van der Waals surface area contributed by atoms with Crippen LogP contribution in [0.2, 0.25) is 0 Å². The number of aromatic nitrogens is 2. The highest BCUT2D eigenvalue weighted by Gasteiger charge is 2.23. The number of carbonyl (C=O) groups excluding carboxylic acids is 1. The Hall–Kier alpha value is -2.08. The average Bonchev–Trinajstić information content (AvgIpc) is 2.76. The van der Waals surface area contributed by atoms with Crippen molar-refractivity contribution in [1.29, 1.82) is 0 Å². The third kappa shape index (κ3) is 3.38. The van der Waals surface area contributed by atoms with E-state index in [1.807, 2.05) is 18.4 Å². The standard InChI is InChI=1S/C18H21N3O2S/c1-11-15(17(24-2)21-18(23)19-11)16(22)20-14-10-6-4-8-12-7-3-5-9-13(12)14/h3,5,7,9,14H,4,6,8,10H2,1-2H3,(H,20,22)(H,19,21,23)/t14-/m1/s1. The number of aromatic amines is 1. The third-order valence-electron chi connectivity index (χ3n) is 4.43. The predicted molar refractivity (Wildman–Crippen MR) is 95.6 cm³/mol. The van der Waals surface area contributed by atoms with Gasteiger partial charge in [-0.15, -0.1) is 11.8 Å². The summed E-state index contributed by atoms with van der Waals surface area (Å²) in [4.78, 5) is 30.9. The fraction of sp³-hybridized carbons (Fsp3) is 0.389. The molecule has 0 bridgehead atoms. The molecule has 0 saturated carbocycles. The summed E-state index contributed by atoms with van der Waals surface area (Å²) >= 11 is 1.31. The Labute approximate surface area is 145 Å². The van der Waals surface area contributed by atoms with Gasteiger partial charge in [0, 0.05) is 5.69 Å². The number of aryl methyl sites for hydroxylation is 2. The molecule has 0 saturated heterocycles. The van der Waals surface area contributed by atoms with Crippen molar-refractivity contribution in [1.82, 2.24) is 15.3 Å². The fourth-order valence-corrected chi connectivity index (χ4v) is 3.90. The van der Waals surface area contributed by atoms with Gasteiger partial charge in [-0.25, -0.2) is 4.79 Å². The van der Waals surface area contributed by atoms with E-state index in [2.05, 4.69) is 27.4 Å². The topological polar surface area (TPSA) is 74.8 Å². The van der Waals surface area contributed by atoms with Crippen LogP contribution >= 0.6 is 11.8 Å². The number of hydrogen-bond donors (Lipinski definition) is 2. The number of fused-ring (bicyclic) bond motifs is 1. The molecule has 1 aromatic heterocycles. The zero-order valence-electron chi connectivity index (χ0n) is 13.9. The minimum Gasteiger partial charge on any atom is -0.345 e. The van der Waals surface area contributed by atoms with Gasteiger partial charge in [-0.2, -0.15) is 4.98 Å². The number of benzene rings is 1. The lowest BCUT2D eigenvalue weighted by Gasteiger charge is -2.20. The molecule has 1 heterocycles.